The van der Waals surface area contributed by atoms with Gasteiger partial charge in [0, 0.05) is 43.3 Å². The first-order chi connectivity index (χ1) is 14.3. The lowest BCUT2D eigenvalue weighted by Crippen LogP contribution is -2.42. The number of ether oxygens (including phenoxy) is 1. The molecule has 2 heterocycles. The number of hydrogen-bond acceptors (Lipinski definition) is 6. The predicted octanol–water partition coefficient (Wildman–Crippen LogP) is 1.84. The Morgan fingerprint density at radius 2 is 2.00 bits per heavy atom. The van der Waals surface area contributed by atoms with Gasteiger partial charge in [0.1, 0.15) is 6.54 Å². The third-order valence-corrected chi connectivity index (χ3v) is 8.26. The lowest BCUT2D eigenvalue weighted by molar-refractivity contribution is -0.123. The Hall–Kier alpha value is -1.62. The van der Waals surface area contributed by atoms with Crippen LogP contribution in [0.5, 0.6) is 0 Å². The second kappa shape index (κ2) is 10.1. The summed E-state index contributed by atoms with van der Waals surface area (Å²) in [5.41, 5.74) is 0.481. The standard InChI is InChI=1S/C20H29N3O5S2/c1-15-12-20(25)23(14-19(24)21-8-11-28-2)17-13-16(6-7-18(17)29-15)30(26,27)22-9-4-3-5-10-22/h6-7,13,15H,3-5,8-12,14H2,1-2H3,(H,21,24)/t15-/m1/s1. The molecule has 1 aromatic rings. The number of fused-ring (bicyclic) bond motifs is 1. The van der Waals surface area contributed by atoms with E-state index in [9.17, 15) is 18.0 Å². The number of rotatable bonds is 7. The van der Waals surface area contributed by atoms with Crippen molar-refractivity contribution >= 4 is 39.3 Å². The number of carbonyl (C=O) groups excluding carboxylic acids is 2. The number of piperidine rings is 1. The maximum Gasteiger partial charge on any atom is 0.243 e. The first kappa shape index (κ1) is 23.1. The van der Waals surface area contributed by atoms with Crippen LogP contribution >= 0.6 is 11.8 Å². The molecule has 0 spiro atoms. The topological polar surface area (TPSA) is 96.0 Å². The summed E-state index contributed by atoms with van der Waals surface area (Å²) in [6, 6.07) is 4.90. The molecule has 166 valence electrons. The number of anilines is 1. The molecule has 1 aromatic carbocycles. The fraction of sp³-hybridized carbons (Fsp3) is 0.600. The molecule has 1 saturated heterocycles. The van der Waals surface area contributed by atoms with Gasteiger partial charge < -0.3 is 15.0 Å². The normalized spacial score (nSPS) is 20.5. The Balaban J connectivity index is 1.91. The van der Waals surface area contributed by atoms with Crippen molar-refractivity contribution in [2.24, 2.45) is 0 Å². The molecule has 1 fully saturated rings. The molecule has 0 unspecified atom stereocenters. The molecule has 3 rings (SSSR count). The molecule has 0 aliphatic carbocycles. The first-order valence-corrected chi connectivity index (χ1v) is 12.5. The zero-order chi connectivity index (χ0) is 21.7. The van der Waals surface area contributed by atoms with E-state index in [1.165, 1.54) is 21.0 Å². The largest absolute Gasteiger partial charge is 0.383 e. The van der Waals surface area contributed by atoms with Gasteiger partial charge in [-0.05, 0) is 31.0 Å². The highest BCUT2D eigenvalue weighted by Crippen LogP contribution is 2.39. The molecule has 0 aromatic heterocycles. The second-order valence-electron chi connectivity index (χ2n) is 7.55. The Labute approximate surface area is 182 Å². The average Bonchev–Trinajstić information content (AvgIpc) is 2.84. The van der Waals surface area contributed by atoms with E-state index < -0.39 is 10.0 Å². The van der Waals surface area contributed by atoms with Gasteiger partial charge >= 0.3 is 0 Å². The van der Waals surface area contributed by atoms with Crippen LogP contribution in [0.4, 0.5) is 5.69 Å². The van der Waals surface area contributed by atoms with E-state index in [1.807, 2.05) is 6.92 Å². The summed E-state index contributed by atoms with van der Waals surface area (Å²) in [5, 5.41) is 2.75. The van der Waals surface area contributed by atoms with Crippen LogP contribution in [0.2, 0.25) is 0 Å². The van der Waals surface area contributed by atoms with E-state index in [4.69, 9.17) is 4.74 Å². The number of benzene rings is 1. The van der Waals surface area contributed by atoms with Crippen LogP contribution < -0.4 is 10.2 Å². The van der Waals surface area contributed by atoms with Gasteiger partial charge in [-0.25, -0.2) is 8.42 Å². The first-order valence-electron chi connectivity index (χ1n) is 10.2. The minimum absolute atomic E-state index is 0.0300. The van der Waals surface area contributed by atoms with Gasteiger partial charge in [-0.15, -0.1) is 11.8 Å². The molecular weight excluding hydrogens is 426 g/mol. The summed E-state index contributed by atoms with van der Waals surface area (Å²) in [5.74, 6) is -0.502. The quantitative estimate of drug-likeness (QED) is 0.631. The highest BCUT2D eigenvalue weighted by molar-refractivity contribution is 8.00. The fourth-order valence-electron chi connectivity index (χ4n) is 3.64. The molecule has 1 N–H and O–H groups in total. The van der Waals surface area contributed by atoms with Crippen molar-refractivity contribution < 1.29 is 22.7 Å². The fourth-order valence-corrected chi connectivity index (χ4v) is 6.27. The van der Waals surface area contributed by atoms with Gasteiger partial charge in [0.2, 0.25) is 21.8 Å². The molecule has 8 nitrogen and oxygen atoms in total. The van der Waals surface area contributed by atoms with Crippen LogP contribution in [0.3, 0.4) is 0 Å². The highest BCUT2D eigenvalue weighted by atomic mass is 32.2. The van der Waals surface area contributed by atoms with E-state index in [0.717, 1.165) is 24.2 Å². The van der Waals surface area contributed by atoms with Gasteiger partial charge in [0.25, 0.3) is 0 Å². The van der Waals surface area contributed by atoms with Crippen molar-refractivity contribution in [2.75, 3.05) is 44.8 Å². The monoisotopic (exact) mass is 455 g/mol. The highest BCUT2D eigenvalue weighted by Gasteiger charge is 2.31. The smallest absolute Gasteiger partial charge is 0.243 e. The van der Waals surface area contributed by atoms with E-state index >= 15 is 0 Å². The van der Waals surface area contributed by atoms with Crippen molar-refractivity contribution in [3.05, 3.63) is 18.2 Å². The van der Waals surface area contributed by atoms with Crippen LogP contribution in [-0.2, 0) is 24.3 Å². The van der Waals surface area contributed by atoms with Crippen LogP contribution in [-0.4, -0.2) is 69.7 Å². The Morgan fingerprint density at radius 1 is 1.27 bits per heavy atom. The molecule has 2 aliphatic heterocycles. The average molecular weight is 456 g/mol. The number of sulfonamides is 1. The summed E-state index contributed by atoms with van der Waals surface area (Å²) in [6.45, 7) is 3.54. The van der Waals surface area contributed by atoms with Gasteiger partial charge in [-0.1, -0.05) is 13.3 Å². The number of amides is 2. The minimum atomic E-state index is -3.64. The third kappa shape index (κ3) is 5.35. The Bertz CT molecular complexity index is 884. The lowest BCUT2D eigenvalue weighted by atomic mass is 10.2. The van der Waals surface area contributed by atoms with Crippen molar-refractivity contribution in [3.63, 3.8) is 0 Å². The van der Waals surface area contributed by atoms with Crippen molar-refractivity contribution in [3.8, 4) is 0 Å². The summed E-state index contributed by atoms with van der Waals surface area (Å²) in [6.07, 6.45) is 3.01. The van der Waals surface area contributed by atoms with E-state index in [0.29, 0.717) is 31.9 Å². The van der Waals surface area contributed by atoms with E-state index in [2.05, 4.69) is 5.32 Å². The lowest BCUT2D eigenvalue weighted by Gasteiger charge is -2.27. The molecule has 0 saturated carbocycles. The van der Waals surface area contributed by atoms with Gasteiger partial charge in [-0.2, -0.15) is 4.31 Å². The molecule has 10 heteroatoms. The molecule has 30 heavy (non-hydrogen) atoms. The zero-order valence-electron chi connectivity index (χ0n) is 17.4. The number of nitrogens with zero attached hydrogens (tertiary/aromatic N) is 2. The van der Waals surface area contributed by atoms with Crippen LogP contribution in [0.1, 0.15) is 32.6 Å². The Morgan fingerprint density at radius 3 is 2.70 bits per heavy atom. The number of hydrogen-bond donors (Lipinski definition) is 1. The van der Waals surface area contributed by atoms with Crippen LogP contribution in [0.25, 0.3) is 0 Å². The molecule has 2 amide bonds. The second-order valence-corrected chi connectivity index (χ2v) is 11.0. The molecule has 1 atom stereocenters. The van der Waals surface area contributed by atoms with E-state index in [-0.39, 0.29) is 34.9 Å². The maximum atomic E-state index is 13.1. The van der Waals surface area contributed by atoms with E-state index in [1.54, 1.807) is 25.3 Å². The van der Waals surface area contributed by atoms with Crippen LogP contribution in [0.15, 0.2) is 28.0 Å². The SMILES string of the molecule is COCCNC(=O)CN1C(=O)C[C@@H](C)Sc2ccc(S(=O)(=O)N3CCCCC3)cc21. The van der Waals surface area contributed by atoms with Crippen molar-refractivity contribution in [1.29, 1.82) is 0 Å². The van der Waals surface area contributed by atoms with Crippen LogP contribution in [0, 0.1) is 0 Å². The molecular formula is C20H29N3O5S2. The molecule has 0 bridgehead atoms. The molecule has 2 aliphatic rings. The zero-order valence-corrected chi connectivity index (χ0v) is 19.1. The predicted molar refractivity (Wildman–Crippen MR) is 116 cm³/mol. The summed E-state index contributed by atoms with van der Waals surface area (Å²) >= 11 is 1.52. The van der Waals surface area contributed by atoms with Gasteiger partial charge in [0.15, 0.2) is 0 Å². The maximum absolute atomic E-state index is 13.1. The van der Waals surface area contributed by atoms with Crippen molar-refractivity contribution in [1.82, 2.24) is 9.62 Å². The minimum Gasteiger partial charge on any atom is -0.383 e. The number of nitrogens with one attached hydrogen (secondary N) is 1. The number of methoxy groups -OCH3 is 1. The summed E-state index contributed by atoms with van der Waals surface area (Å²) < 4.78 is 32.7. The summed E-state index contributed by atoms with van der Waals surface area (Å²) in [7, 11) is -2.09. The summed E-state index contributed by atoms with van der Waals surface area (Å²) in [4.78, 5) is 27.6. The number of carbonyl (C=O) groups is 2. The third-order valence-electron chi connectivity index (χ3n) is 5.20. The van der Waals surface area contributed by atoms with Crippen molar-refractivity contribution in [2.45, 2.75) is 47.6 Å². The van der Waals surface area contributed by atoms with Gasteiger partial charge in [-0.3, -0.25) is 9.59 Å². The van der Waals surface area contributed by atoms with Gasteiger partial charge in [0.05, 0.1) is 17.2 Å². The number of thioether (sulfide) groups is 1. The Kier molecular flexibility index (Phi) is 7.78. The molecule has 0 radical (unpaired) electrons.